The number of amides is 2. The van der Waals surface area contributed by atoms with Crippen molar-refractivity contribution in [1.29, 1.82) is 0 Å². The summed E-state index contributed by atoms with van der Waals surface area (Å²) in [4.78, 5) is 33.8. The van der Waals surface area contributed by atoms with Gasteiger partial charge >= 0.3 is 5.97 Å². The third kappa shape index (κ3) is 4.17. The standard InChI is InChI=1S/C11H14N2O4S/c1-7(11(16)17)9(14)12-4-5-13-10(15)8-3-2-6-18-8/h2-3,6-7H,4-5H2,1H3,(H,12,14)(H,13,15)(H,16,17). The quantitative estimate of drug-likeness (QED) is 0.512. The third-order valence-corrected chi connectivity index (χ3v) is 3.09. The Kier molecular flexibility index (Phi) is 5.31. The lowest BCUT2D eigenvalue weighted by atomic mass is 10.2. The van der Waals surface area contributed by atoms with Crippen LogP contribution in [-0.2, 0) is 9.59 Å². The molecule has 0 aliphatic heterocycles. The summed E-state index contributed by atoms with van der Waals surface area (Å²) >= 11 is 1.33. The van der Waals surface area contributed by atoms with Crippen LogP contribution in [0.25, 0.3) is 0 Å². The van der Waals surface area contributed by atoms with Crippen LogP contribution in [0.1, 0.15) is 16.6 Å². The largest absolute Gasteiger partial charge is 0.481 e. The van der Waals surface area contributed by atoms with E-state index in [0.29, 0.717) is 4.88 Å². The summed E-state index contributed by atoms with van der Waals surface area (Å²) in [6.07, 6.45) is 0. The van der Waals surface area contributed by atoms with Crippen LogP contribution in [0.2, 0.25) is 0 Å². The highest BCUT2D eigenvalue weighted by atomic mass is 32.1. The number of hydrogen-bond donors (Lipinski definition) is 3. The number of carbonyl (C=O) groups excluding carboxylic acids is 2. The van der Waals surface area contributed by atoms with Gasteiger partial charge in [-0.3, -0.25) is 14.4 Å². The molecule has 1 unspecified atom stereocenters. The van der Waals surface area contributed by atoms with E-state index in [1.807, 2.05) is 0 Å². The first kappa shape index (κ1) is 14.2. The van der Waals surface area contributed by atoms with Gasteiger partial charge in [0.15, 0.2) is 0 Å². The monoisotopic (exact) mass is 270 g/mol. The van der Waals surface area contributed by atoms with Gasteiger partial charge in [-0.2, -0.15) is 0 Å². The van der Waals surface area contributed by atoms with Crippen molar-refractivity contribution in [3.05, 3.63) is 22.4 Å². The van der Waals surface area contributed by atoms with Crippen molar-refractivity contribution in [2.24, 2.45) is 5.92 Å². The maximum absolute atomic E-state index is 11.5. The molecule has 0 aromatic carbocycles. The van der Waals surface area contributed by atoms with Crippen molar-refractivity contribution in [2.45, 2.75) is 6.92 Å². The minimum absolute atomic E-state index is 0.202. The second-order valence-electron chi connectivity index (χ2n) is 3.58. The second-order valence-corrected chi connectivity index (χ2v) is 4.53. The molecule has 0 radical (unpaired) electrons. The van der Waals surface area contributed by atoms with E-state index in [9.17, 15) is 14.4 Å². The van der Waals surface area contributed by atoms with E-state index in [-0.39, 0.29) is 19.0 Å². The maximum Gasteiger partial charge on any atom is 0.315 e. The number of rotatable bonds is 6. The molecule has 0 aliphatic rings. The fraction of sp³-hybridized carbons (Fsp3) is 0.364. The van der Waals surface area contributed by atoms with Gasteiger partial charge < -0.3 is 15.7 Å². The molecule has 0 fully saturated rings. The topological polar surface area (TPSA) is 95.5 Å². The number of carboxylic acids is 1. The summed E-state index contributed by atoms with van der Waals surface area (Å²) in [6.45, 7) is 1.77. The lowest BCUT2D eigenvalue weighted by Crippen LogP contribution is -2.38. The minimum Gasteiger partial charge on any atom is -0.481 e. The predicted molar refractivity (Wildman–Crippen MR) is 66.5 cm³/mol. The number of carbonyl (C=O) groups is 3. The van der Waals surface area contributed by atoms with Gasteiger partial charge in [0.05, 0.1) is 4.88 Å². The van der Waals surface area contributed by atoms with E-state index >= 15 is 0 Å². The molecule has 1 heterocycles. The van der Waals surface area contributed by atoms with E-state index in [0.717, 1.165) is 0 Å². The van der Waals surface area contributed by atoms with Crippen molar-refractivity contribution in [3.8, 4) is 0 Å². The van der Waals surface area contributed by atoms with Crippen molar-refractivity contribution in [2.75, 3.05) is 13.1 Å². The summed E-state index contributed by atoms with van der Waals surface area (Å²) in [6, 6.07) is 3.47. The first-order valence-corrected chi connectivity index (χ1v) is 6.22. The van der Waals surface area contributed by atoms with Crippen molar-refractivity contribution in [1.82, 2.24) is 10.6 Å². The summed E-state index contributed by atoms with van der Waals surface area (Å²) in [7, 11) is 0. The molecular weight excluding hydrogens is 256 g/mol. The Hall–Kier alpha value is -1.89. The van der Waals surface area contributed by atoms with E-state index in [2.05, 4.69) is 10.6 Å². The normalized spacial score (nSPS) is 11.6. The summed E-state index contributed by atoms with van der Waals surface area (Å²) in [5.41, 5.74) is 0. The number of hydrogen-bond acceptors (Lipinski definition) is 4. The van der Waals surface area contributed by atoms with Gasteiger partial charge in [0, 0.05) is 13.1 Å². The fourth-order valence-corrected chi connectivity index (χ4v) is 1.76. The number of nitrogens with one attached hydrogen (secondary N) is 2. The van der Waals surface area contributed by atoms with Crippen LogP contribution < -0.4 is 10.6 Å². The van der Waals surface area contributed by atoms with Gasteiger partial charge in [-0.15, -0.1) is 11.3 Å². The molecule has 0 saturated heterocycles. The molecule has 0 bridgehead atoms. The molecule has 2 amide bonds. The highest BCUT2D eigenvalue weighted by Gasteiger charge is 2.19. The Bertz CT molecular complexity index is 430. The van der Waals surface area contributed by atoms with Crippen LogP contribution in [-0.4, -0.2) is 36.0 Å². The zero-order valence-corrected chi connectivity index (χ0v) is 10.6. The van der Waals surface area contributed by atoms with Crippen molar-refractivity contribution >= 4 is 29.1 Å². The third-order valence-electron chi connectivity index (χ3n) is 2.22. The predicted octanol–water partition coefficient (Wildman–Crippen LogP) is 0.315. The lowest BCUT2D eigenvalue weighted by Gasteiger charge is -2.08. The number of aliphatic carboxylic acids is 1. The Labute approximate surface area is 108 Å². The Morgan fingerprint density at radius 2 is 2.00 bits per heavy atom. The summed E-state index contributed by atoms with van der Waals surface area (Å²) in [5.74, 6) is -3.02. The van der Waals surface area contributed by atoms with E-state index in [4.69, 9.17) is 5.11 Å². The zero-order valence-electron chi connectivity index (χ0n) is 9.80. The molecule has 18 heavy (non-hydrogen) atoms. The molecule has 1 aromatic heterocycles. The molecular formula is C11H14N2O4S. The molecule has 0 saturated carbocycles. The average molecular weight is 270 g/mol. The number of carboxylic acid groups (broad SMARTS) is 1. The van der Waals surface area contributed by atoms with Gasteiger partial charge in [0.2, 0.25) is 5.91 Å². The molecule has 1 aromatic rings. The SMILES string of the molecule is CC(C(=O)O)C(=O)NCCNC(=O)c1cccs1. The summed E-state index contributed by atoms with van der Waals surface area (Å²) in [5, 5.41) is 15.4. The maximum atomic E-state index is 11.5. The molecule has 7 heteroatoms. The van der Waals surface area contributed by atoms with Gasteiger partial charge in [-0.1, -0.05) is 6.07 Å². The van der Waals surface area contributed by atoms with Crippen LogP contribution in [0.3, 0.4) is 0 Å². The Morgan fingerprint density at radius 3 is 2.56 bits per heavy atom. The molecule has 1 rings (SSSR count). The van der Waals surface area contributed by atoms with Crippen LogP contribution in [0, 0.1) is 5.92 Å². The fourth-order valence-electron chi connectivity index (χ4n) is 1.12. The Balaban J connectivity index is 2.21. The van der Waals surface area contributed by atoms with Crippen LogP contribution >= 0.6 is 11.3 Å². The molecule has 3 N–H and O–H groups in total. The van der Waals surface area contributed by atoms with Gasteiger partial charge in [-0.05, 0) is 18.4 Å². The number of thiophene rings is 1. The van der Waals surface area contributed by atoms with Gasteiger partial charge in [-0.25, -0.2) is 0 Å². The van der Waals surface area contributed by atoms with Gasteiger partial charge in [0.25, 0.3) is 5.91 Å². The van der Waals surface area contributed by atoms with Crippen molar-refractivity contribution < 1.29 is 19.5 Å². The van der Waals surface area contributed by atoms with Crippen LogP contribution in [0.15, 0.2) is 17.5 Å². The highest BCUT2D eigenvalue weighted by Crippen LogP contribution is 2.07. The van der Waals surface area contributed by atoms with Crippen molar-refractivity contribution in [3.63, 3.8) is 0 Å². The summed E-state index contributed by atoms with van der Waals surface area (Å²) < 4.78 is 0. The molecule has 98 valence electrons. The average Bonchev–Trinajstić information content (AvgIpc) is 2.86. The second kappa shape index (κ2) is 6.75. The molecule has 6 nitrogen and oxygen atoms in total. The smallest absolute Gasteiger partial charge is 0.315 e. The molecule has 0 aliphatic carbocycles. The van der Waals surface area contributed by atoms with E-state index < -0.39 is 17.8 Å². The van der Waals surface area contributed by atoms with E-state index in [1.165, 1.54) is 18.3 Å². The first-order valence-electron chi connectivity index (χ1n) is 5.34. The zero-order chi connectivity index (χ0) is 13.5. The minimum atomic E-state index is -1.17. The molecule has 0 spiro atoms. The van der Waals surface area contributed by atoms with Crippen LogP contribution in [0.5, 0.6) is 0 Å². The molecule has 1 atom stereocenters. The lowest BCUT2D eigenvalue weighted by molar-refractivity contribution is -0.146. The first-order chi connectivity index (χ1) is 8.52. The van der Waals surface area contributed by atoms with Gasteiger partial charge in [0.1, 0.15) is 5.92 Å². The highest BCUT2D eigenvalue weighted by molar-refractivity contribution is 7.12. The Morgan fingerprint density at radius 1 is 1.33 bits per heavy atom. The van der Waals surface area contributed by atoms with Crippen LogP contribution in [0.4, 0.5) is 0 Å². The van der Waals surface area contributed by atoms with E-state index in [1.54, 1.807) is 17.5 Å².